The van der Waals surface area contributed by atoms with Gasteiger partial charge in [0.1, 0.15) is 5.75 Å². The smallest absolute Gasteiger partial charge is 0.121 e. The summed E-state index contributed by atoms with van der Waals surface area (Å²) in [5.74, 6) is 3.17. The van der Waals surface area contributed by atoms with Gasteiger partial charge in [0.05, 0.1) is 7.11 Å². The second-order valence-electron chi connectivity index (χ2n) is 6.43. The number of methoxy groups -OCH3 is 1. The molecule has 1 aromatic carbocycles. The van der Waals surface area contributed by atoms with E-state index in [1.54, 1.807) is 7.11 Å². The molecule has 0 radical (unpaired) electrons. The van der Waals surface area contributed by atoms with E-state index < -0.39 is 0 Å². The zero-order valence-corrected chi connectivity index (χ0v) is 12.6. The Kier molecular flexibility index (Phi) is 4.51. The fourth-order valence-electron chi connectivity index (χ4n) is 3.68. The number of nitrogens with two attached hydrogens (primary N) is 1. The summed E-state index contributed by atoms with van der Waals surface area (Å²) in [5, 5.41) is 0. The lowest BCUT2D eigenvalue weighted by Gasteiger charge is -2.35. The maximum atomic E-state index is 6.51. The molecule has 1 fully saturated rings. The number of benzene rings is 1. The van der Waals surface area contributed by atoms with Crippen LogP contribution in [-0.2, 0) is 0 Å². The van der Waals surface area contributed by atoms with Gasteiger partial charge >= 0.3 is 0 Å². The number of hydrogen-bond donors (Lipinski definition) is 1. The number of hydrogen-bond acceptors (Lipinski definition) is 2. The molecule has 1 aliphatic carbocycles. The summed E-state index contributed by atoms with van der Waals surface area (Å²) in [6, 6.07) is 6.52. The first-order valence-electron chi connectivity index (χ1n) is 7.41. The molecule has 0 aromatic heterocycles. The quantitative estimate of drug-likeness (QED) is 0.890. The molecule has 0 aliphatic heterocycles. The molecule has 1 aliphatic rings. The number of rotatable bonds is 3. The zero-order valence-electron chi connectivity index (χ0n) is 12.6. The van der Waals surface area contributed by atoms with Crippen LogP contribution in [-0.4, -0.2) is 7.11 Å². The van der Waals surface area contributed by atoms with Gasteiger partial charge in [-0.15, -0.1) is 0 Å². The molecule has 2 rings (SSSR count). The molecule has 19 heavy (non-hydrogen) atoms. The first-order chi connectivity index (χ1) is 9.01. The number of aryl methyl sites for hydroxylation is 1. The summed E-state index contributed by atoms with van der Waals surface area (Å²) in [7, 11) is 1.71. The van der Waals surface area contributed by atoms with E-state index in [1.807, 2.05) is 6.07 Å². The van der Waals surface area contributed by atoms with E-state index in [0.29, 0.717) is 5.92 Å². The average molecular weight is 261 g/mol. The molecule has 0 bridgehead atoms. The van der Waals surface area contributed by atoms with Crippen LogP contribution in [0.1, 0.15) is 50.3 Å². The Morgan fingerprint density at radius 1 is 1.16 bits per heavy atom. The normalized spacial score (nSPS) is 29.0. The molecule has 0 amide bonds. The topological polar surface area (TPSA) is 35.2 Å². The van der Waals surface area contributed by atoms with E-state index in [1.165, 1.54) is 30.4 Å². The predicted molar refractivity (Wildman–Crippen MR) is 80.3 cm³/mol. The van der Waals surface area contributed by atoms with Crippen molar-refractivity contribution in [2.75, 3.05) is 7.11 Å². The highest BCUT2D eigenvalue weighted by Gasteiger charge is 2.29. The van der Waals surface area contributed by atoms with Gasteiger partial charge in [-0.25, -0.2) is 0 Å². The lowest BCUT2D eigenvalue weighted by Crippen LogP contribution is -2.29. The van der Waals surface area contributed by atoms with Crippen molar-refractivity contribution in [1.82, 2.24) is 0 Å². The van der Waals surface area contributed by atoms with Crippen LogP contribution in [0, 0.1) is 24.7 Å². The van der Waals surface area contributed by atoms with Gasteiger partial charge in [-0.3, -0.25) is 0 Å². The van der Waals surface area contributed by atoms with Crippen molar-refractivity contribution in [2.45, 2.75) is 46.1 Å². The lowest BCUT2D eigenvalue weighted by molar-refractivity contribution is 0.193. The van der Waals surface area contributed by atoms with Crippen molar-refractivity contribution < 1.29 is 4.74 Å². The summed E-state index contributed by atoms with van der Waals surface area (Å²) >= 11 is 0. The van der Waals surface area contributed by atoms with Gasteiger partial charge in [0.15, 0.2) is 0 Å². The maximum absolute atomic E-state index is 6.51. The Morgan fingerprint density at radius 3 is 2.32 bits per heavy atom. The van der Waals surface area contributed by atoms with E-state index in [2.05, 4.69) is 32.9 Å². The van der Waals surface area contributed by atoms with Crippen molar-refractivity contribution in [1.29, 1.82) is 0 Å². The standard InChI is InChI=1S/C17H27NO/c1-11-7-12(2)9-15(8-11)17(18)14-5-6-16(19-4)13(3)10-14/h5-6,10-12,15,17H,7-9,18H2,1-4H3. The van der Waals surface area contributed by atoms with Gasteiger partial charge in [0, 0.05) is 6.04 Å². The van der Waals surface area contributed by atoms with Crippen LogP contribution in [0.5, 0.6) is 5.75 Å². The highest BCUT2D eigenvalue weighted by atomic mass is 16.5. The van der Waals surface area contributed by atoms with Gasteiger partial charge in [0.25, 0.3) is 0 Å². The highest BCUT2D eigenvalue weighted by Crippen LogP contribution is 2.39. The second-order valence-corrected chi connectivity index (χ2v) is 6.43. The summed E-state index contributed by atoms with van der Waals surface area (Å²) in [6.07, 6.45) is 3.87. The molecule has 2 heteroatoms. The minimum absolute atomic E-state index is 0.162. The van der Waals surface area contributed by atoms with Crippen LogP contribution in [0.4, 0.5) is 0 Å². The Morgan fingerprint density at radius 2 is 1.79 bits per heavy atom. The van der Waals surface area contributed by atoms with Crippen molar-refractivity contribution in [3.05, 3.63) is 29.3 Å². The largest absolute Gasteiger partial charge is 0.496 e. The molecule has 3 unspecified atom stereocenters. The number of ether oxygens (including phenoxy) is 1. The van der Waals surface area contributed by atoms with Gasteiger partial charge in [0.2, 0.25) is 0 Å². The molecule has 1 aromatic rings. The maximum Gasteiger partial charge on any atom is 0.121 e. The van der Waals surface area contributed by atoms with Gasteiger partial charge in [-0.05, 0) is 61.1 Å². The Balaban J connectivity index is 2.14. The highest BCUT2D eigenvalue weighted by molar-refractivity contribution is 5.37. The molecule has 2 N–H and O–H groups in total. The van der Waals surface area contributed by atoms with Crippen LogP contribution in [0.2, 0.25) is 0 Å². The molecule has 3 atom stereocenters. The fraction of sp³-hybridized carbons (Fsp3) is 0.647. The summed E-state index contributed by atoms with van der Waals surface area (Å²) in [6.45, 7) is 6.80. The predicted octanol–water partition coefficient (Wildman–Crippen LogP) is 4.08. The van der Waals surface area contributed by atoms with Crippen molar-refractivity contribution >= 4 is 0 Å². The Bertz CT molecular complexity index is 419. The second kappa shape index (κ2) is 5.96. The Hall–Kier alpha value is -1.02. The minimum atomic E-state index is 0.162. The third-order valence-electron chi connectivity index (χ3n) is 4.53. The average Bonchev–Trinajstić information content (AvgIpc) is 2.36. The van der Waals surface area contributed by atoms with Crippen LogP contribution in [0.3, 0.4) is 0 Å². The van der Waals surface area contributed by atoms with E-state index in [9.17, 15) is 0 Å². The van der Waals surface area contributed by atoms with Crippen molar-refractivity contribution in [2.24, 2.45) is 23.5 Å². The van der Waals surface area contributed by atoms with Crippen molar-refractivity contribution in [3.8, 4) is 5.75 Å². The van der Waals surface area contributed by atoms with Gasteiger partial charge in [-0.1, -0.05) is 26.0 Å². The summed E-state index contributed by atoms with van der Waals surface area (Å²) in [5.41, 5.74) is 8.94. The van der Waals surface area contributed by atoms with Gasteiger partial charge < -0.3 is 10.5 Å². The molecular weight excluding hydrogens is 234 g/mol. The monoisotopic (exact) mass is 261 g/mol. The Labute approximate surface area is 117 Å². The van der Waals surface area contributed by atoms with E-state index in [4.69, 9.17) is 10.5 Å². The molecule has 0 saturated heterocycles. The van der Waals surface area contributed by atoms with Gasteiger partial charge in [-0.2, -0.15) is 0 Å². The molecular formula is C17H27NO. The summed E-state index contributed by atoms with van der Waals surface area (Å²) < 4.78 is 5.32. The fourth-order valence-corrected chi connectivity index (χ4v) is 3.68. The third-order valence-corrected chi connectivity index (χ3v) is 4.53. The van der Waals surface area contributed by atoms with Crippen LogP contribution < -0.4 is 10.5 Å². The molecule has 1 saturated carbocycles. The molecule has 106 valence electrons. The molecule has 2 nitrogen and oxygen atoms in total. The molecule has 0 heterocycles. The van der Waals surface area contributed by atoms with E-state index in [0.717, 1.165) is 17.6 Å². The molecule has 0 spiro atoms. The minimum Gasteiger partial charge on any atom is -0.496 e. The van der Waals surface area contributed by atoms with E-state index >= 15 is 0 Å². The SMILES string of the molecule is COc1ccc(C(N)C2CC(C)CC(C)C2)cc1C. The third kappa shape index (κ3) is 3.30. The zero-order chi connectivity index (χ0) is 14.0. The van der Waals surface area contributed by atoms with Crippen LogP contribution in [0.25, 0.3) is 0 Å². The van der Waals surface area contributed by atoms with Crippen LogP contribution in [0.15, 0.2) is 18.2 Å². The first kappa shape index (κ1) is 14.4. The summed E-state index contributed by atoms with van der Waals surface area (Å²) in [4.78, 5) is 0. The lowest BCUT2D eigenvalue weighted by atomic mass is 9.72. The van der Waals surface area contributed by atoms with Crippen LogP contribution >= 0.6 is 0 Å². The van der Waals surface area contributed by atoms with Crippen molar-refractivity contribution in [3.63, 3.8) is 0 Å². The van der Waals surface area contributed by atoms with E-state index in [-0.39, 0.29) is 6.04 Å². The first-order valence-corrected chi connectivity index (χ1v) is 7.41.